The third kappa shape index (κ3) is 4.15. The lowest BCUT2D eigenvalue weighted by Crippen LogP contribution is -2.40. The van der Waals surface area contributed by atoms with Gasteiger partial charge in [0.15, 0.2) is 10.9 Å². The molecule has 0 unspecified atom stereocenters. The fourth-order valence-corrected chi connectivity index (χ4v) is 3.96. The molecule has 8 heteroatoms. The van der Waals surface area contributed by atoms with Gasteiger partial charge in [-0.25, -0.2) is 4.98 Å². The van der Waals surface area contributed by atoms with Crippen molar-refractivity contribution in [2.75, 3.05) is 13.6 Å². The molecule has 138 valence electrons. The lowest BCUT2D eigenvalue weighted by atomic mass is 9.96. The summed E-state index contributed by atoms with van der Waals surface area (Å²) in [6, 6.07) is 8.18. The normalized spacial score (nSPS) is 15.5. The summed E-state index contributed by atoms with van der Waals surface area (Å²) in [7, 11) is 1.79. The average Bonchev–Trinajstić information content (AvgIpc) is 3.11. The largest absolute Gasteiger partial charge is 0.356 e. The molecule has 26 heavy (non-hydrogen) atoms. The van der Waals surface area contributed by atoms with Crippen molar-refractivity contribution in [3.8, 4) is 0 Å². The van der Waals surface area contributed by atoms with Gasteiger partial charge in [-0.3, -0.25) is 9.39 Å². The Hall–Kier alpha value is -1.32. The van der Waals surface area contributed by atoms with Crippen LogP contribution in [0.3, 0.4) is 0 Å². The molecular formula is C18H21ClIN5S. The maximum atomic E-state index is 6.15. The summed E-state index contributed by atoms with van der Waals surface area (Å²) in [6.07, 6.45) is 6.41. The third-order valence-corrected chi connectivity index (χ3v) is 5.69. The van der Waals surface area contributed by atoms with Gasteiger partial charge in [-0.05, 0) is 30.5 Å². The van der Waals surface area contributed by atoms with Gasteiger partial charge in [-0.1, -0.05) is 23.7 Å². The van der Waals surface area contributed by atoms with Crippen molar-refractivity contribution in [2.24, 2.45) is 4.99 Å². The highest BCUT2D eigenvalue weighted by molar-refractivity contribution is 14.0. The Morgan fingerprint density at radius 2 is 2.23 bits per heavy atom. The number of rotatable bonds is 5. The van der Waals surface area contributed by atoms with Crippen LogP contribution in [-0.4, -0.2) is 28.9 Å². The molecule has 1 aliphatic rings. The van der Waals surface area contributed by atoms with Gasteiger partial charge in [-0.15, -0.1) is 35.3 Å². The molecule has 2 aromatic heterocycles. The fourth-order valence-electron chi connectivity index (χ4n) is 3.05. The van der Waals surface area contributed by atoms with Crippen LogP contribution >= 0.6 is 46.9 Å². The number of nitrogens with zero attached hydrogens (tertiary/aromatic N) is 3. The molecule has 0 spiro atoms. The van der Waals surface area contributed by atoms with Crippen LogP contribution in [0, 0.1) is 0 Å². The van der Waals surface area contributed by atoms with E-state index in [4.69, 9.17) is 11.6 Å². The van der Waals surface area contributed by atoms with Gasteiger partial charge >= 0.3 is 0 Å². The summed E-state index contributed by atoms with van der Waals surface area (Å²) in [6.45, 7) is 1.50. The summed E-state index contributed by atoms with van der Waals surface area (Å²) in [5.41, 5.74) is 2.49. The summed E-state index contributed by atoms with van der Waals surface area (Å²) in [5.74, 6) is 0.796. The zero-order valence-electron chi connectivity index (χ0n) is 14.4. The first-order valence-electron chi connectivity index (χ1n) is 8.30. The molecule has 0 saturated heterocycles. The number of guanidine groups is 1. The van der Waals surface area contributed by atoms with Crippen molar-refractivity contribution >= 4 is 57.8 Å². The van der Waals surface area contributed by atoms with E-state index in [1.54, 1.807) is 18.4 Å². The molecule has 1 saturated carbocycles. The number of halogens is 2. The molecule has 2 heterocycles. The van der Waals surface area contributed by atoms with E-state index in [9.17, 15) is 0 Å². The van der Waals surface area contributed by atoms with E-state index in [1.165, 1.54) is 18.4 Å². The fraction of sp³-hybridized carbons (Fsp3) is 0.333. The summed E-state index contributed by atoms with van der Waals surface area (Å²) < 4.78 is 2.04. The average molecular weight is 502 g/mol. The van der Waals surface area contributed by atoms with Crippen LogP contribution in [0.4, 0.5) is 0 Å². The van der Waals surface area contributed by atoms with Crippen molar-refractivity contribution in [2.45, 2.75) is 24.8 Å². The smallest absolute Gasteiger partial charge is 0.193 e. The van der Waals surface area contributed by atoms with Gasteiger partial charge in [0.1, 0.15) is 0 Å². The van der Waals surface area contributed by atoms with E-state index in [-0.39, 0.29) is 29.4 Å². The van der Waals surface area contributed by atoms with Crippen LogP contribution in [0.1, 0.15) is 24.1 Å². The summed E-state index contributed by atoms with van der Waals surface area (Å²) in [5, 5.41) is 9.62. The predicted molar refractivity (Wildman–Crippen MR) is 119 cm³/mol. The molecule has 3 aromatic rings. The minimum atomic E-state index is 0. The molecule has 0 bridgehead atoms. The van der Waals surface area contributed by atoms with Gasteiger partial charge in [0.25, 0.3) is 0 Å². The highest BCUT2D eigenvalue weighted by Crippen LogP contribution is 2.48. The molecule has 0 atom stereocenters. The lowest BCUT2D eigenvalue weighted by molar-refractivity contribution is 0.645. The first kappa shape index (κ1) is 19.4. The lowest BCUT2D eigenvalue weighted by Gasteiger charge is -2.19. The van der Waals surface area contributed by atoms with Crippen molar-refractivity contribution in [1.29, 1.82) is 0 Å². The number of fused-ring (bicyclic) bond motifs is 1. The quantitative estimate of drug-likeness (QED) is 0.315. The Morgan fingerprint density at radius 1 is 1.38 bits per heavy atom. The second-order valence-corrected chi connectivity index (χ2v) is 7.70. The Balaban J connectivity index is 0.00000196. The highest BCUT2D eigenvalue weighted by atomic mass is 127. The Labute approximate surface area is 178 Å². The van der Waals surface area contributed by atoms with Gasteiger partial charge in [0.05, 0.1) is 12.2 Å². The number of thiazole rings is 1. The van der Waals surface area contributed by atoms with E-state index in [0.717, 1.165) is 28.2 Å². The van der Waals surface area contributed by atoms with Gasteiger partial charge in [0, 0.05) is 41.8 Å². The van der Waals surface area contributed by atoms with Crippen LogP contribution in [-0.2, 0) is 12.0 Å². The molecular weight excluding hydrogens is 481 g/mol. The second kappa shape index (κ2) is 8.14. The molecule has 1 aliphatic carbocycles. The van der Waals surface area contributed by atoms with Gasteiger partial charge in [-0.2, -0.15) is 0 Å². The number of hydrogen-bond acceptors (Lipinski definition) is 3. The molecule has 0 amide bonds. The summed E-state index contributed by atoms with van der Waals surface area (Å²) >= 11 is 7.78. The van der Waals surface area contributed by atoms with Crippen molar-refractivity contribution in [3.63, 3.8) is 0 Å². The predicted octanol–water partition coefficient (Wildman–Crippen LogP) is 4.06. The number of nitrogens with one attached hydrogen (secondary N) is 2. The number of benzene rings is 1. The third-order valence-electron chi connectivity index (χ3n) is 4.69. The van der Waals surface area contributed by atoms with E-state index >= 15 is 0 Å². The molecule has 2 N–H and O–H groups in total. The van der Waals surface area contributed by atoms with Gasteiger partial charge in [0.2, 0.25) is 0 Å². The van der Waals surface area contributed by atoms with E-state index in [0.29, 0.717) is 6.54 Å². The first-order valence-corrected chi connectivity index (χ1v) is 9.56. The minimum absolute atomic E-state index is 0. The maximum absolute atomic E-state index is 6.15. The Bertz CT molecular complexity index is 887. The van der Waals surface area contributed by atoms with E-state index in [2.05, 4.69) is 32.7 Å². The van der Waals surface area contributed by atoms with Crippen LogP contribution < -0.4 is 10.6 Å². The van der Waals surface area contributed by atoms with E-state index < -0.39 is 0 Å². The minimum Gasteiger partial charge on any atom is -0.356 e. The monoisotopic (exact) mass is 501 g/mol. The van der Waals surface area contributed by atoms with Crippen LogP contribution in [0.5, 0.6) is 0 Å². The zero-order valence-corrected chi connectivity index (χ0v) is 18.3. The summed E-state index contributed by atoms with van der Waals surface area (Å²) in [4.78, 5) is 9.91. The number of hydrogen-bond donors (Lipinski definition) is 2. The highest BCUT2D eigenvalue weighted by Gasteiger charge is 2.44. The van der Waals surface area contributed by atoms with Gasteiger partial charge < -0.3 is 10.6 Å². The molecule has 1 fully saturated rings. The van der Waals surface area contributed by atoms with Crippen LogP contribution in [0.25, 0.3) is 4.96 Å². The van der Waals surface area contributed by atoms with Crippen molar-refractivity contribution in [1.82, 2.24) is 20.0 Å². The number of aliphatic imine (C=N–C) groups is 1. The Morgan fingerprint density at radius 3 is 2.92 bits per heavy atom. The maximum Gasteiger partial charge on any atom is 0.193 e. The SMILES string of the molecule is CN=C(NCc1cn2ccsc2n1)NCC1(c2cccc(Cl)c2)CC1.I. The Kier molecular flexibility index (Phi) is 6.09. The van der Waals surface area contributed by atoms with Crippen LogP contribution in [0.15, 0.2) is 47.0 Å². The second-order valence-electron chi connectivity index (χ2n) is 6.40. The molecule has 0 aliphatic heterocycles. The topological polar surface area (TPSA) is 53.7 Å². The molecule has 0 radical (unpaired) electrons. The van der Waals surface area contributed by atoms with Crippen molar-refractivity contribution < 1.29 is 0 Å². The molecule has 1 aromatic carbocycles. The van der Waals surface area contributed by atoms with Crippen LogP contribution in [0.2, 0.25) is 5.02 Å². The number of aromatic nitrogens is 2. The number of imidazole rings is 1. The zero-order chi connectivity index (χ0) is 17.3. The standard InChI is InChI=1S/C18H20ClN5S.HI/c1-20-16(21-10-15-11-24-7-8-25-17(24)23-15)22-12-18(5-6-18)13-3-2-4-14(19)9-13;/h2-4,7-9,11H,5-6,10,12H2,1H3,(H2,20,21,22);1H. The van der Waals surface area contributed by atoms with Crippen molar-refractivity contribution in [3.05, 3.63) is 58.3 Å². The van der Waals surface area contributed by atoms with E-state index in [1.807, 2.05) is 34.3 Å². The first-order chi connectivity index (χ1) is 12.2. The molecule has 5 nitrogen and oxygen atoms in total. The molecule has 4 rings (SSSR count).